The second kappa shape index (κ2) is 13.1. The van der Waals surface area contributed by atoms with E-state index in [2.05, 4.69) is 20.1 Å². The van der Waals surface area contributed by atoms with Crippen molar-refractivity contribution in [1.29, 1.82) is 0 Å². The number of nitrogens with one attached hydrogen (secondary N) is 1. The molecule has 3 N–H and O–H groups in total. The van der Waals surface area contributed by atoms with Crippen molar-refractivity contribution >= 4 is 17.8 Å². The van der Waals surface area contributed by atoms with Gasteiger partial charge < -0.3 is 19.5 Å². The largest absolute Gasteiger partial charge is 0.490 e. The molecule has 40 heavy (non-hydrogen) atoms. The number of aromatic nitrogens is 3. The molecule has 0 bridgehead atoms. The number of nitrogens with zero attached hydrogens (tertiary/aromatic N) is 4. The first-order valence-electron chi connectivity index (χ1n) is 11.1. The van der Waals surface area contributed by atoms with Crippen LogP contribution in [0.25, 0.3) is 0 Å². The van der Waals surface area contributed by atoms with Crippen LogP contribution in [0.1, 0.15) is 39.0 Å². The molecule has 1 aliphatic heterocycles. The molecule has 1 aliphatic rings. The van der Waals surface area contributed by atoms with Gasteiger partial charge in [0.2, 0.25) is 0 Å². The molecule has 1 amide bonds. The van der Waals surface area contributed by atoms with E-state index in [0.717, 1.165) is 35.0 Å². The molecule has 4 heterocycles. The monoisotopic (exact) mass is 579 g/mol. The number of aryl methyl sites for hydroxylation is 1. The van der Waals surface area contributed by atoms with Crippen molar-refractivity contribution in [2.75, 3.05) is 7.05 Å². The minimum atomic E-state index is -5.08. The fourth-order valence-electron chi connectivity index (χ4n) is 3.27. The zero-order chi connectivity index (χ0) is 30.3. The van der Waals surface area contributed by atoms with Crippen molar-refractivity contribution in [3.8, 4) is 0 Å². The van der Waals surface area contributed by atoms with Gasteiger partial charge in [0.15, 0.2) is 5.69 Å². The summed E-state index contributed by atoms with van der Waals surface area (Å²) in [6.07, 6.45) is -8.44. The molecule has 0 aliphatic carbocycles. The Morgan fingerprint density at radius 3 is 2.10 bits per heavy atom. The average Bonchev–Trinajstić information content (AvgIpc) is 3.55. The van der Waals surface area contributed by atoms with Gasteiger partial charge in [-0.25, -0.2) is 9.59 Å². The molecule has 17 heteroatoms. The summed E-state index contributed by atoms with van der Waals surface area (Å²) >= 11 is 0. The number of hydrogen-bond donors (Lipinski definition) is 3. The van der Waals surface area contributed by atoms with Crippen molar-refractivity contribution < 1.29 is 55.4 Å². The number of alkyl halides is 6. The maximum atomic E-state index is 12.8. The fraction of sp³-hybridized carbons (Fsp3) is 0.348. The third-order valence-corrected chi connectivity index (χ3v) is 5.05. The molecule has 218 valence electrons. The van der Waals surface area contributed by atoms with Crippen molar-refractivity contribution in [1.82, 2.24) is 25.0 Å². The van der Waals surface area contributed by atoms with Crippen molar-refractivity contribution in [3.05, 3.63) is 70.7 Å². The lowest BCUT2D eigenvalue weighted by Gasteiger charge is -2.17. The maximum absolute atomic E-state index is 12.8. The van der Waals surface area contributed by atoms with Gasteiger partial charge >= 0.3 is 24.3 Å². The van der Waals surface area contributed by atoms with Gasteiger partial charge in [-0.15, -0.1) is 0 Å². The summed E-state index contributed by atoms with van der Waals surface area (Å²) in [4.78, 5) is 38.8. The molecule has 0 fully saturated rings. The van der Waals surface area contributed by atoms with Gasteiger partial charge in [-0.2, -0.15) is 31.4 Å². The Kier molecular flexibility index (Phi) is 10.4. The number of carbonyl (C=O) groups is 3. The van der Waals surface area contributed by atoms with Gasteiger partial charge in [-0.3, -0.25) is 19.8 Å². The molecule has 0 atom stereocenters. The first-order valence-corrected chi connectivity index (χ1v) is 11.1. The molecule has 4 rings (SSSR count). The highest BCUT2D eigenvalue weighted by Gasteiger charge is 2.39. The van der Waals surface area contributed by atoms with E-state index in [1.807, 2.05) is 37.3 Å². The number of carbonyl (C=O) groups excluding carboxylic acids is 1. The highest BCUT2D eigenvalue weighted by atomic mass is 19.4. The Balaban J connectivity index is 0.000000333. The minimum Gasteiger partial charge on any atom is -0.475 e. The van der Waals surface area contributed by atoms with E-state index in [-0.39, 0.29) is 5.91 Å². The molecule has 3 aromatic rings. The van der Waals surface area contributed by atoms with Crippen LogP contribution in [0.5, 0.6) is 0 Å². The average molecular weight is 579 g/mol. The van der Waals surface area contributed by atoms with Crippen LogP contribution in [0.4, 0.5) is 26.3 Å². The smallest absolute Gasteiger partial charge is 0.475 e. The summed E-state index contributed by atoms with van der Waals surface area (Å²) < 4.78 is 69.1. The number of furan rings is 1. The van der Waals surface area contributed by atoms with Crippen LogP contribution < -0.4 is 0 Å². The first kappa shape index (κ1) is 31.8. The number of carboxylic acids is 2. The predicted octanol–water partition coefficient (Wildman–Crippen LogP) is 3.76. The number of aromatic amines is 1. The topological polar surface area (TPSA) is 153 Å². The van der Waals surface area contributed by atoms with E-state index in [1.165, 1.54) is 0 Å². The fourth-order valence-corrected chi connectivity index (χ4v) is 3.27. The SMILES string of the molecule is Cc1ccc(CN2Cc3[nH]nc(C(=O)N(C)Cc4ccccn4)c3C2)o1.O=C(O)C(F)(F)F.O=C(O)C(F)(F)F. The summed E-state index contributed by atoms with van der Waals surface area (Å²) in [6, 6.07) is 9.65. The normalized spacial score (nSPS) is 12.9. The maximum Gasteiger partial charge on any atom is 0.490 e. The summed E-state index contributed by atoms with van der Waals surface area (Å²) in [7, 11) is 1.77. The Labute approximate surface area is 222 Å². The van der Waals surface area contributed by atoms with Crippen LogP contribution in [0.2, 0.25) is 0 Å². The van der Waals surface area contributed by atoms with Crippen LogP contribution in [0.15, 0.2) is 40.9 Å². The number of carboxylic acid groups (broad SMARTS) is 2. The van der Waals surface area contributed by atoms with Crippen LogP contribution in [-0.4, -0.2) is 72.4 Å². The number of hydrogen-bond acceptors (Lipinski definition) is 7. The van der Waals surface area contributed by atoms with Gasteiger partial charge in [0, 0.05) is 31.9 Å². The lowest BCUT2D eigenvalue weighted by Crippen LogP contribution is -2.28. The predicted molar refractivity (Wildman–Crippen MR) is 122 cm³/mol. The Morgan fingerprint density at radius 1 is 1.02 bits per heavy atom. The third-order valence-electron chi connectivity index (χ3n) is 5.05. The molecule has 0 saturated carbocycles. The lowest BCUT2D eigenvalue weighted by molar-refractivity contribution is -0.193. The molecular weight excluding hydrogens is 556 g/mol. The third kappa shape index (κ3) is 9.40. The molecule has 0 saturated heterocycles. The number of fused-ring (bicyclic) bond motifs is 1. The van der Waals surface area contributed by atoms with Gasteiger partial charge in [0.25, 0.3) is 5.91 Å². The number of amides is 1. The second-order valence-corrected chi connectivity index (χ2v) is 8.27. The zero-order valence-electron chi connectivity index (χ0n) is 20.9. The first-order chi connectivity index (χ1) is 18.5. The minimum absolute atomic E-state index is 0.0937. The van der Waals surface area contributed by atoms with E-state index >= 15 is 0 Å². The van der Waals surface area contributed by atoms with Gasteiger partial charge in [-0.1, -0.05) is 6.07 Å². The Hall–Kier alpha value is -4.41. The quantitative estimate of drug-likeness (QED) is 0.384. The standard InChI is InChI=1S/C19H21N5O2.2C2HF3O2/c1-13-6-7-15(26-13)10-24-11-16-17(12-24)21-22-18(16)19(25)23(2)9-14-5-3-4-8-20-14;2*3-2(4,5)1(6)7/h3-8H,9-12H2,1-2H3,(H,21,22);2*(H,6,7). The molecule has 3 aromatic heterocycles. The van der Waals surface area contributed by atoms with Crippen LogP contribution in [0.3, 0.4) is 0 Å². The van der Waals surface area contributed by atoms with Crippen LogP contribution in [0, 0.1) is 6.92 Å². The molecule has 0 aromatic carbocycles. The number of rotatable bonds is 5. The molecule has 0 unspecified atom stereocenters. The van der Waals surface area contributed by atoms with Crippen molar-refractivity contribution in [2.24, 2.45) is 0 Å². The number of pyridine rings is 1. The molecule has 0 radical (unpaired) electrons. The van der Waals surface area contributed by atoms with Crippen LogP contribution in [-0.2, 0) is 35.8 Å². The van der Waals surface area contributed by atoms with Crippen LogP contribution >= 0.6 is 0 Å². The van der Waals surface area contributed by atoms with Crippen molar-refractivity contribution in [3.63, 3.8) is 0 Å². The summed E-state index contributed by atoms with van der Waals surface area (Å²) in [6.45, 7) is 4.53. The lowest BCUT2D eigenvalue weighted by atomic mass is 10.2. The van der Waals surface area contributed by atoms with E-state index < -0.39 is 24.3 Å². The highest BCUT2D eigenvalue weighted by molar-refractivity contribution is 5.93. The molecule has 0 spiro atoms. The van der Waals surface area contributed by atoms with Gasteiger partial charge in [0.05, 0.1) is 24.5 Å². The van der Waals surface area contributed by atoms with Gasteiger partial charge in [0.1, 0.15) is 11.5 Å². The molecular formula is C23H23F6N5O6. The van der Waals surface area contributed by atoms with E-state index in [9.17, 15) is 31.1 Å². The van der Waals surface area contributed by atoms with Gasteiger partial charge in [-0.05, 0) is 31.2 Å². The van der Waals surface area contributed by atoms with E-state index in [1.54, 1.807) is 18.1 Å². The summed E-state index contributed by atoms with van der Waals surface area (Å²) in [5.41, 5.74) is 3.33. The number of halogens is 6. The zero-order valence-corrected chi connectivity index (χ0v) is 20.9. The van der Waals surface area contributed by atoms with Crippen molar-refractivity contribution in [2.45, 2.75) is 45.5 Å². The summed E-state index contributed by atoms with van der Waals surface area (Å²) in [5.74, 6) is -3.77. The highest BCUT2D eigenvalue weighted by Crippen LogP contribution is 2.26. The van der Waals surface area contributed by atoms with E-state index in [4.69, 9.17) is 24.2 Å². The Morgan fingerprint density at radius 2 is 1.62 bits per heavy atom. The van der Waals surface area contributed by atoms with E-state index in [0.29, 0.717) is 25.3 Å². The molecule has 11 nitrogen and oxygen atoms in total. The number of H-pyrrole nitrogens is 1. The Bertz CT molecular complexity index is 1280. The second-order valence-electron chi connectivity index (χ2n) is 8.27. The number of aliphatic carboxylic acids is 2. The summed E-state index contributed by atoms with van der Waals surface area (Å²) in [5, 5.41) is 21.5.